The fraction of sp³-hybridized carbons (Fsp3) is 0.200. The highest BCUT2D eigenvalue weighted by Crippen LogP contribution is 2.33. The van der Waals surface area contributed by atoms with Crippen molar-refractivity contribution in [3.05, 3.63) is 89.7 Å². The molecule has 1 aromatic heterocycles. The maximum atomic E-state index is 12.9. The number of imidazole rings is 1. The second-order valence-electron chi connectivity index (χ2n) is 7.53. The first-order valence-electron chi connectivity index (χ1n) is 9.92. The van der Waals surface area contributed by atoms with Gasteiger partial charge in [0.05, 0.1) is 11.0 Å². The smallest absolute Gasteiger partial charge is 0.233 e. The predicted molar refractivity (Wildman–Crippen MR) is 113 cm³/mol. The van der Waals surface area contributed by atoms with Gasteiger partial charge >= 0.3 is 0 Å². The van der Waals surface area contributed by atoms with Gasteiger partial charge in [0.2, 0.25) is 5.91 Å². The highest BCUT2D eigenvalue weighted by Gasteiger charge is 2.29. The highest BCUT2D eigenvalue weighted by atomic mass is 16.2. The Kier molecular flexibility index (Phi) is 4.09. The maximum Gasteiger partial charge on any atom is 0.233 e. The average molecular weight is 366 g/mol. The third-order valence-electron chi connectivity index (χ3n) is 5.79. The number of carbonyl (C=O) groups is 1. The number of aryl methyl sites for hydroxylation is 1. The van der Waals surface area contributed by atoms with Crippen molar-refractivity contribution in [2.45, 2.75) is 32.1 Å². The SMILES string of the molecule is CCc1ccc2c(c1)nc1n2C(=O)CC(c2ccc(-c3ccccc3)cc2)C1. The van der Waals surface area contributed by atoms with E-state index in [1.807, 2.05) is 16.7 Å². The molecule has 3 nitrogen and oxygen atoms in total. The Morgan fingerprint density at radius 3 is 2.43 bits per heavy atom. The molecule has 3 heteroatoms. The molecule has 0 fully saturated rings. The minimum absolute atomic E-state index is 0.144. The van der Waals surface area contributed by atoms with Crippen LogP contribution in [0.4, 0.5) is 0 Å². The summed E-state index contributed by atoms with van der Waals surface area (Å²) in [5.74, 6) is 1.22. The topological polar surface area (TPSA) is 34.9 Å². The molecule has 4 aromatic rings. The number of aromatic nitrogens is 2. The zero-order chi connectivity index (χ0) is 19.1. The number of benzene rings is 3. The lowest BCUT2D eigenvalue weighted by atomic mass is 9.88. The Morgan fingerprint density at radius 2 is 1.68 bits per heavy atom. The summed E-state index contributed by atoms with van der Waals surface area (Å²) in [6.45, 7) is 2.14. The summed E-state index contributed by atoms with van der Waals surface area (Å²) in [4.78, 5) is 17.7. The molecular weight excluding hydrogens is 344 g/mol. The van der Waals surface area contributed by atoms with Crippen LogP contribution in [0.15, 0.2) is 72.8 Å². The molecule has 138 valence electrons. The van der Waals surface area contributed by atoms with E-state index in [1.165, 1.54) is 22.3 Å². The molecule has 0 radical (unpaired) electrons. The van der Waals surface area contributed by atoms with Crippen LogP contribution in [-0.4, -0.2) is 15.5 Å². The largest absolute Gasteiger partial charge is 0.274 e. The number of nitrogens with zero attached hydrogens (tertiary/aromatic N) is 2. The van der Waals surface area contributed by atoms with Gasteiger partial charge in [-0.25, -0.2) is 4.98 Å². The molecule has 0 bridgehead atoms. The Balaban J connectivity index is 1.46. The van der Waals surface area contributed by atoms with Crippen molar-refractivity contribution in [3.63, 3.8) is 0 Å². The van der Waals surface area contributed by atoms with E-state index in [0.29, 0.717) is 6.42 Å². The van der Waals surface area contributed by atoms with E-state index >= 15 is 0 Å². The first-order valence-corrected chi connectivity index (χ1v) is 9.92. The van der Waals surface area contributed by atoms with Gasteiger partial charge in [-0.1, -0.05) is 67.6 Å². The second-order valence-corrected chi connectivity index (χ2v) is 7.53. The Hall–Kier alpha value is -3.20. The zero-order valence-corrected chi connectivity index (χ0v) is 15.9. The van der Waals surface area contributed by atoms with Crippen LogP contribution < -0.4 is 0 Å². The average Bonchev–Trinajstić information content (AvgIpc) is 3.12. The van der Waals surface area contributed by atoms with Gasteiger partial charge in [0.15, 0.2) is 0 Å². The summed E-state index contributed by atoms with van der Waals surface area (Å²) in [7, 11) is 0. The van der Waals surface area contributed by atoms with E-state index in [0.717, 1.165) is 29.7 Å². The fourth-order valence-corrected chi connectivity index (χ4v) is 4.22. The van der Waals surface area contributed by atoms with E-state index < -0.39 is 0 Å². The lowest BCUT2D eigenvalue weighted by Crippen LogP contribution is -2.25. The van der Waals surface area contributed by atoms with Crippen molar-refractivity contribution in [1.29, 1.82) is 0 Å². The van der Waals surface area contributed by atoms with E-state index in [-0.39, 0.29) is 11.8 Å². The first kappa shape index (κ1) is 16.9. The summed E-state index contributed by atoms with van der Waals surface area (Å²) >= 11 is 0. The number of hydrogen-bond donors (Lipinski definition) is 0. The third-order valence-corrected chi connectivity index (χ3v) is 5.79. The Morgan fingerprint density at radius 1 is 0.929 bits per heavy atom. The van der Waals surface area contributed by atoms with Gasteiger partial charge in [0.25, 0.3) is 0 Å². The molecule has 0 N–H and O–H groups in total. The minimum Gasteiger partial charge on any atom is -0.274 e. The summed E-state index contributed by atoms with van der Waals surface area (Å²) < 4.78 is 1.82. The highest BCUT2D eigenvalue weighted by molar-refractivity contribution is 5.92. The van der Waals surface area contributed by atoms with Crippen LogP contribution in [0.5, 0.6) is 0 Å². The van der Waals surface area contributed by atoms with Crippen molar-refractivity contribution in [2.24, 2.45) is 0 Å². The van der Waals surface area contributed by atoms with Crippen molar-refractivity contribution >= 4 is 16.9 Å². The zero-order valence-electron chi connectivity index (χ0n) is 15.9. The lowest BCUT2D eigenvalue weighted by Gasteiger charge is -2.23. The van der Waals surface area contributed by atoms with E-state index in [2.05, 4.69) is 67.6 Å². The minimum atomic E-state index is 0.144. The molecular formula is C25H22N2O. The van der Waals surface area contributed by atoms with Crippen LogP contribution in [0.1, 0.15) is 41.0 Å². The molecule has 5 rings (SSSR count). The Bertz CT molecular complexity index is 1160. The van der Waals surface area contributed by atoms with Gasteiger partial charge in [-0.05, 0) is 46.7 Å². The first-order chi connectivity index (χ1) is 13.7. The number of rotatable bonds is 3. The monoisotopic (exact) mass is 366 g/mol. The van der Waals surface area contributed by atoms with Crippen molar-refractivity contribution in [3.8, 4) is 11.1 Å². The van der Waals surface area contributed by atoms with Crippen LogP contribution >= 0.6 is 0 Å². The van der Waals surface area contributed by atoms with Crippen molar-refractivity contribution in [1.82, 2.24) is 9.55 Å². The molecule has 1 aliphatic rings. The van der Waals surface area contributed by atoms with Crippen LogP contribution in [-0.2, 0) is 12.8 Å². The Labute approximate surface area is 164 Å². The van der Waals surface area contributed by atoms with Crippen LogP contribution in [0.25, 0.3) is 22.2 Å². The summed E-state index contributed by atoms with van der Waals surface area (Å²) in [6, 6.07) is 25.2. The molecule has 3 aromatic carbocycles. The molecule has 1 aliphatic heterocycles. The van der Waals surface area contributed by atoms with E-state index in [4.69, 9.17) is 4.98 Å². The molecule has 28 heavy (non-hydrogen) atoms. The van der Waals surface area contributed by atoms with Crippen molar-refractivity contribution < 1.29 is 4.79 Å². The second kappa shape index (κ2) is 6.75. The number of carbonyl (C=O) groups excluding carboxylic acids is 1. The molecule has 0 saturated heterocycles. The lowest BCUT2D eigenvalue weighted by molar-refractivity contribution is 0.0877. The standard InChI is InChI=1S/C25H22N2O/c1-2-17-8-13-23-22(14-17)26-24-15-21(16-25(28)27(23)24)20-11-9-19(10-12-20)18-6-4-3-5-7-18/h3-14,21H,2,15-16H2,1H3. The van der Waals surface area contributed by atoms with Gasteiger partial charge in [0, 0.05) is 12.8 Å². The van der Waals surface area contributed by atoms with Crippen LogP contribution in [0.3, 0.4) is 0 Å². The van der Waals surface area contributed by atoms with Crippen molar-refractivity contribution in [2.75, 3.05) is 0 Å². The third kappa shape index (κ3) is 2.84. The summed E-state index contributed by atoms with van der Waals surface area (Å²) in [5, 5.41) is 0. The van der Waals surface area contributed by atoms with Gasteiger partial charge in [-0.2, -0.15) is 0 Å². The van der Waals surface area contributed by atoms with E-state index in [9.17, 15) is 4.79 Å². The molecule has 0 spiro atoms. The van der Waals surface area contributed by atoms with Gasteiger partial charge in [0.1, 0.15) is 5.82 Å². The van der Waals surface area contributed by atoms with Gasteiger partial charge in [-0.15, -0.1) is 0 Å². The molecule has 0 aliphatic carbocycles. The number of fused-ring (bicyclic) bond motifs is 3. The van der Waals surface area contributed by atoms with E-state index in [1.54, 1.807) is 0 Å². The number of hydrogen-bond acceptors (Lipinski definition) is 2. The maximum absolute atomic E-state index is 12.9. The summed E-state index contributed by atoms with van der Waals surface area (Å²) in [5.41, 5.74) is 6.75. The van der Waals surface area contributed by atoms with Gasteiger partial charge in [-0.3, -0.25) is 9.36 Å². The normalized spacial score (nSPS) is 16.3. The van der Waals surface area contributed by atoms with Crippen LogP contribution in [0.2, 0.25) is 0 Å². The van der Waals surface area contributed by atoms with Gasteiger partial charge < -0.3 is 0 Å². The molecule has 0 amide bonds. The molecule has 1 atom stereocenters. The summed E-state index contributed by atoms with van der Waals surface area (Å²) in [6.07, 6.45) is 2.30. The van der Waals surface area contributed by atoms with Crippen LogP contribution in [0, 0.1) is 0 Å². The predicted octanol–water partition coefficient (Wildman–Crippen LogP) is 5.64. The fourth-order valence-electron chi connectivity index (χ4n) is 4.22. The molecule has 2 heterocycles. The molecule has 0 saturated carbocycles. The quantitative estimate of drug-likeness (QED) is 0.470. The molecule has 1 unspecified atom stereocenters.